The number of nitrogens with zero attached hydrogens (tertiary/aromatic N) is 3. The number of hydrogen-bond donors (Lipinski definition) is 2. The Balaban J connectivity index is 2.78. The molecule has 0 aromatic carbocycles. The summed E-state index contributed by atoms with van der Waals surface area (Å²) in [6, 6.07) is 1.76. The van der Waals surface area contributed by atoms with Gasteiger partial charge in [0.05, 0.1) is 6.20 Å². The van der Waals surface area contributed by atoms with Crippen LogP contribution in [0.15, 0.2) is 6.20 Å². The lowest BCUT2D eigenvalue weighted by Gasteiger charge is -2.25. The monoisotopic (exact) mass is 321 g/mol. The van der Waals surface area contributed by atoms with Crippen LogP contribution in [-0.4, -0.2) is 34.1 Å². The summed E-state index contributed by atoms with van der Waals surface area (Å²) in [6.45, 7) is 1.27. The molecule has 1 aromatic rings. The SMILES string of the molecule is CC(C)(Nc1ncc(C#N)c(Cl)n1)C(=O)NCC(F)(F)F. The van der Waals surface area contributed by atoms with Crippen molar-refractivity contribution in [2.24, 2.45) is 0 Å². The molecule has 0 saturated heterocycles. The molecule has 0 bridgehead atoms. The lowest BCUT2D eigenvalue weighted by atomic mass is 10.1. The van der Waals surface area contributed by atoms with Crippen LogP contribution in [0.4, 0.5) is 19.1 Å². The lowest BCUT2D eigenvalue weighted by Crippen LogP contribution is -2.50. The van der Waals surface area contributed by atoms with Gasteiger partial charge in [0.25, 0.3) is 0 Å². The van der Waals surface area contributed by atoms with Gasteiger partial charge < -0.3 is 10.6 Å². The summed E-state index contributed by atoms with van der Waals surface area (Å²) in [6.07, 6.45) is -3.36. The largest absolute Gasteiger partial charge is 0.405 e. The number of nitriles is 1. The van der Waals surface area contributed by atoms with Crippen molar-refractivity contribution in [3.63, 3.8) is 0 Å². The van der Waals surface area contributed by atoms with Crippen LogP contribution in [0.5, 0.6) is 0 Å². The number of anilines is 1. The molecule has 1 aromatic heterocycles. The standard InChI is InChI=1S/C11H11ClF3N5O/c1-10(2,8(21)18-5-11(13,14)15)20-9-17-4-6(3-16)7(12)19-9/h4H,5H2,1-2H3,(H,18,21)(H,17,19,20). The predicted octanol–water partition coefficient (Wildman–Crippen LogP) is 1.87. The van der Waals surface area contributed by atoms with E-state index in [-0.39, 0.29) is 16.7 Å². The number of carbonyl (C=O) groups excluding carboxylic acids is 1. The molecule has 0 fully saturated rings. The van der Waals surface area contributed by atoms with Gasteiger partial charge in [-0.05, 0) is 13.8 Å². The number of amides is 1. The van der Waals surface area contributed by atoms with Crippen LogP contribution < -0.4 is 10.6 Å². The smallest absolute Gasteiger partial charge is 0.345 e. The summed E-state index contributed by atoms with van der Waals surface area (Å²) in [7, 11) is 0. The zero-order valence-corrected chi connectivity index (χ0v) is 11.8. The highest BCUT2D eigenvalue weighted by Crippen LogP contribution is 2.17. The fourth-order valence-corrected chi connectivity index (χ4v) is 1.41. The molecule has 0 unspecified atom stereocenters. The van der Waals surface area contributed by atoms with Gasteiger partial charge >= 0.3 is 6.18 Å². The molecule has 1 amide bonds. The molecule has 0 aliphatic heterocycles. The zero-order valence-electron chi connectivity index (χ0n) is 11.0. The van der Waals surface area contributed by atoms with Crippen molar-refractivity contribution in [1.29, 1.82) is 5.26 Å². The van der Waals surface area contributed by atoms with Crippen LogP contribution in [-0.2, 0) is 4.79 Å². The van der Waals surface area contributed by atoms with Crippen LogP contribution in [0.25, 0.3) is 0 Å². The Hall–Kier alpha value is -2.08. The summed E-state index contributed by atoms with van der Waals surface area (Å²) < 4.78 is 36.2. The van der Waals surface area contributed by atoms with Gasteiger partial charge in [0, 0.05) is 0 Å². The Morgan fingerprint density at radius 3 is 2.57 bits per heavy atom. The molecule has 114 valence electrons. The average Bonchev–Trinajstić information content (AvgIpc) is 2.34. The number of aromatic nitrogens is 2. The zero-order chi connectivity index (χ0) is 16.3. The highest BCUT2D eigenvalue weighted by atomic mass is 35.5. The first-order chi connectivity index (χ1) is 9.55. The van der Waals surface area contributed by atoms with E-state index in [4.69, 9.17) is 16.9 Å². The van der Waals surface area contributed by atoms with Crippen molar-refractivity contribution in [2.75, 3.05) is 11.9 Å². The van der Waals surface area contributed by atoms with Crippen molar-refractivity contribution >= 4 is 23.5 Å². The minimum atomic E-state index is -4.50. The Bertz CT molecular complexity index is 582. The van der Waals surface area contributed by atoms with Gasteiger partial charge in [-0.2, -0.15) is 23.4 Å². The first-order valence-electron chi connectivity index (χ1n) is 5.61. The van der Waals surface area contributed by atoms with Crippen LogP contribution in [0.1, 0.15) is 19.4 Å². The van der Waals surface area contributed by atoms with Gasteiger partial charge in [0.1, 0.15) is 23.7 Å². The van der Waals surface area contributed by atoms with Gasteiger partial charge in [0.15, 0.2) is 5.15 Å². The van der Waals surface area contributed by atoms with E-state index in [0.29, 0.717) is 0 Å². The molecule has 1 rings (SSSR count). The predicted molar refractivity (Wildman–Crippen MR) is 68.5 cm³/mol. The minimum Gasteiger partial charge on any atom is -0.345 e. The van der Waals surface area contributed by atoms with Crippen LogP contribution in [0, 0.1) is 11.3 Å². The topological polar surface area (TPSA) is 90.7 Å². The fraction of sp³-hybridized carbons (Fsp3) is 0.455. The Labute approximate surface area is 123 Å². The van der Waals surface area contributed by atoms with Crippen LogP contribution >= 0.6 is 11.6 Å². The molecular formula is C11H11ClF3N5O. The molecule has 10 heteroatoms. The maximum absolute atomic E-state index is 12.1. The number of hydrogen-bond acceptors (Lipinski definition) is 5. The quantitative estimate of drug-likeness (QED) is 0.826. The maximum Gasteiger partial charge on any atom is 0.405 e. The molecule has 0 aliphatic carbocycles. The van der Waals surface area contributed by atoms with E-state index in [1.54, 1.807) is 11.4 Å². The number of alkyl halides is 3. The molecule has 0 spiro atoms. The third-order valence-corrected chi connectivity index (χ3v) is 2.59. The minimum absolute atomic E-state index is 0.0431. The highest BCUT2D eigenvalue weighted by molar-refractivity contribution is 6.30. The molecule has 0 aliphatic rings. The van der Waals surface area contributed by atoms with E-state index in [0.717, 1.165) is 6.20 Å². The van der Waals surface area contributed by atoms with Gasteiger partial charge in [-0.3, -0.25) is 4.79 Å². The Morgan fingerprint density at radius 2 is 2.10 bits per heavy atom. The lowest BCUT2D eigenvalue weighted by molar-refractivity contribution is -0.140. The van der Waals surface area contributed by atoms with Gasteiger partial charge in [0.2, 0.25) is 11.9 Å². The van der Waals surface area contributed by atoms with E-state index in [9.17, 15) is 18.0 Å². The third-order valence-electron chi connectivity index (χ3n) is 2.30. The second kappa shape index (κ2) is 6.13. The molecule has 21 heavy (non-hydrogen) atoms. The second-order valence-electron chi connectivity index (χ2n) is 4.56. The highest BCUT2D eigenvalue weighted by Gasteiger charge is 2.33. The molecule has 1 heterocycles. The van der Waals surface area contributed by atoms with E-state index < -0.39 is 24.2 Å². The van der Waals surface area contributed by atoms with E-state index in [1.807, 2.05) is 0 Å². The summed E-state index contributed by atoms with van der Waals surface area (Å²) in [5.41, 5.74) is -1.36. The van der Waals surface area contributed by atoms with Crippen molar-refractivity contribution < 1.29 is 18.0 Å². The van der Waals surface area contributed by atoms with E-state index >= 15 is 0 Å². The van der Waals surface area contributed by atoms with Gasteiger partial charge in [-0.25, -0.2) is 4.98 Å². The van der Waals surface area contributed by atoms with Crippen molar-refractivity contribution in [3.8, 4) is 6.07 Å². The average molecular weight is 322 g/mol. The number of carbonyl (C=O) groups is 1. The van der Waals surface area contributed by atoms with Crippen molar-refractivity contribution in [3.05, 3.63) is 16.9 Å². The first-order valence-corrected chi connectivity index (χ1v) is 5.99. The van der Waals surface area contributed by atoms with Crippen molar-refractivity contribution in [2.45, 2.75) is 25.6 Å². The maximum atomic E-state index is 12.1. The molecule has 0 saturated carbocycles. The van der Waals surface area contributed by atoms with E-state index in [1.165, 1.54) is 13.8 Å². The molecule has 0 atom stereocenters. The Morgan fingerprint density at radius 1 is 1.48 bits per heavy atom. The van der Waals surface area contributed by atoms with Gasteiger partial charge in [-0.15, -0.1) is 0 Å². The summed E-state index contributed by atoms with van der Waals surface area (Å²) in [5.74, 6) is -0.963. The Kier molecular flexibility index (Phi) is 4.96. The van der Waals surface area contributed by atoms with E-state index in [2.05, 4.69) is 15.3 Å². The third kappa shape index (κ3) is 5.07. The van der Waals surface area contributed by atoms with Crippen LogP contribution in [0.3, 0.4) is 0 Å². The summed E-state index contributed by atoms with van der Waals surface area (Å²) >= 11 is 5.70. The van der Waals surface area contributed by atoms with Gasteiger partial charge in [-0.1, -0.05) is 11.6 Å². The molecule has 6 nitrogen and oxygen atoms in total. The molecular weight excluding hydrogens is 311 g/mol. The van der Waals surface area contributed by atoms with Crippen molar-refractivity contribution in [1.82, 2.24) is 15.3 Å². The number of halogens is 4. The molecule has 2 N–H and O–H groups in total. The summed E-state index contributed by atoms with van der Waals surface area (Å²) in [5, 5.41) is 12.9. The summed E-state index contributed by atoms with van der Waals surface area (Å²) in [4.78, 5) is 19.2. The normalized spacial score (nSPS) is 11.7. The number of rotatable bonds is 4. The fourth-order valence-electron chi connectivity index (χ4n) is 1.23. The second-order valence-corrected chi connectivity index (χ2v) is 4.92. The molecule has 0 radical (unpaired) electrons. The van der Waals surface area contributed by atoms with Crippen LogP contribution in [0.2, 0.25) is 5.15 Å². The first kappa shape index (κ1) is 17.0. The number of nitrogens with one attached hydrogen (secondary N) is 2.